The van der Waals surface area contributed by atoms with E-state index in [1.807, 2.05) is 0 Å². The minimum Gasteiger partial charge on any atom is -0.313 e. The van der Waals surface area contributed by atoms with E-state index < -0.39 is 10.8 Å². The second kappa shape index (κ2) is 6.55. The van der Waals surface area contributed by atoms with Gasteiger partial charge in [-0.15, -0.1) is 0 Å². The molecule has 78 valence electrons. The molecule has 0 spiro atoms. The highest BCUT2D eigenvalue weighted by Gasteiger charge is 2.10. The zero-order valence-corrected chi connectivity index (χ0v) is 9.37. The van der Waals surface area contributed by atoms with Crippen molar-refractivity contribution < 1.29 is 4.21 Å². The first-order valence-corrected chi connectivity index (χ1v) is 7.05. The Hall–Kier alpha value is 0.110. The van der Waals surface area contributed by atoms with Crippen molar-refractivity contribution in [2.24, 2.45) is 0 Å². The largest absolute Gasteiger partial charge is 0.313 e. The van der Waals surface area contributed by atoms with Gasteiger partial charge in [-0.1, -0.05) is 25.7 Å². The van der Waals surface area contributed by atoms with Crippen LogP contribution in [-0.4, -0.2) is 28.8 Å². The normalized spacial score (nSPS) is 22.5. The zero-order chi connectivity index (χ0) is 9.52. The van der Waals surface area contributed by atoms with Gasteiger partial charge in [-0.25, -0.2) is 0 Å². The van der Waals surface area contributed by atoms with Crippen molar-refractivity contribution in [3.63, 3.8) is 0 Å². The van der Waals surface area contributed by atoms with Crippen LogP contribution in [0.5, 0.6) is 0 Å². The Balaban J connectivity index is 2.08. The average Bonchev–Trinajstić information content (AvgIpc) is 2.32. The standard InChI is InChI=1S/C10H21NOS/c1-13(12)9-8-11-10-6-4-2-3-5-7-10/h10-11H,2-9H2,1H3. The summed E-state index contributed by atoms with van der Waals surface area (Å²) in [5.41, 5.74) is 0. The van der Waals surface area contributed by atoms with Gasteiger partial charge in [-0.3, -0.25) is 4.21 Å². The summed E-state index contributed by atoms with van der Waals surface area (Å²) in [5.74, 6) is 0.802. The van der Waals surface area contributed by atoms with Gasteiger partial charge in [-0.2, -0.15) is 0 Å². The van der Waals surface area contributed by atoms with Crippen LogP contribution in [0.25, 0.3) is 0 Å². The van der Waals surface area contributed by atoms with E-state index >= 15 is 0 Å². The first-order valence-electron chi connectivity index (χ1n) is 5.32. The summed E-state index contributed by atoms with van der Waals surface area (Å²) in [7, 11) is -0.637. The van der Waals surface area contributed by atoms with E-state index in [0.717, 1.165) is 12.3 Å². The third kappa shape index (κ3) is 5.42. The topological polar surface area (TPSA) is 29.1 Å². The molecule has 2 nitrogen and oxygen atoms in total. The Morgan fingerprint density at radius 3 is 2.38 bits per heavy atom. The molecule has 1 aliphatic rings. The van der Waals surface area contributed by atoms with Crippen LogP contribution in [0.4, 0.5) is 0 Å². The van der Waals surface area contributed by atoms with E-state index in [1.165, 1.54) is 38.5 Å². The van der Waals surface area contributed by atoms with Crippen LogP contribution in [0, 0.1) is 0 Å². The maximum Gasteiger partial charge on any atom is 0.0357 e. The number of hydrogen-bond acceptors (Lipinski definition) is 2. The molecule has 1 N–H and O–H groups in total. The van der Waals surface area contributed by atoms with Crippen molar-refractivity contribution in [1.82, 2.24) is 5.32 Å². The molecule has 1 fully saturated rings. The molecule has 1 rings (SSSR count). The quantitative estimate of drug-likeness (QED) is 0.704. The monoisotopic (exact) mass is 203 g/mol. The third-order valence-corrected chi connectivity index (χ3v) is 3.46. The number of nitrogens with one attached hydrogen (secondary N) is 1. The summed E-state index contributed by atoms with van der Waals surface area (Å²) in [6.07, 6.45) is 9.94. The number of rotatable bonds is 4. The smallest absolute Gasteiger partial charge is 0.0357 e. The highest BCUT2D eigenvalue weighted by molar-refractivity contribution is 7.84. The van der Waals surface area contributed by atoms with Crippen molar-refractivity contribution in [1.29, 1.82) is 0 Å². The van der Waals surface area contributed by atoms with Crippen LogP contribution >= 0.6 is 0 Å². The first-order chi connectivity index (χ1) is 6.29. The number of hydrogen-bond donors (Lipinski definition) is 1. The van der Waals surface area contributed by atoms with Gasteiger partial charge in [0.15, 0.2) is 0 Å². The van der Waals surface area contributed by atoms with Crippen LogP contribution < -0.4 is 5.32 Å². The predicted octanol–water partition coefficient (Wildman–Crippen LogP) is 1.68. The Bertz CT molecular complexity index is 153. The second-order valence-corrected chi connectivity index (χ2v) is 5.47. The molecule has 0 heterocycles. The van der Waals surface area contributed by atoms with Crippen molar-refractivity contribution in [2.45, 2.75) is 44.6 Å². The van der Waals surface area contributed by atoms with Gasteiger partial charge >= 0.3 is 0 Å². The van der Waals surface area contributed by atoms with Gasteiger partial charge in [0.2, 0.25) is 0 Å². The maximum atomic E-state index is 10.8. The lowest BCUT2D eigenvalue weighted by atomic mass is 10.1. The fourth-order valence-electron chi connectivity index (χ4n) is 1.89. The van der Waals surface area contributed by atoms with E-state index in [9.17, 15) is 4.21 Å². The van der Waals surface area contributed by atoms with Crippen molar-refractivity contribution in [2.75, 3.05) is 18.6 Å². The molecule has 0 aromatic rings. The fraction of sp³-hybridized carbons (Fsp3) is 1.00. The summed E-state index contributed by atoms with van der Waals surface area (Å²) in [5, 5.41) is 3.50. The summed E-state index contributed by atoms with van der Waals surface area (Å²) in [6.45, 7) is 0.924. The molecular formula is C10H21NOS. The van der Waals surface area contributed by atoms with Crippen LogP contribution in [0.15, 0.2) is 0 Å². The molecule has 3 heteroatoms. The van der Waals surface area contributed by atoms with E-state index in [-0.39, 0.29) is 0 Å². The van der Waals surface area contributed by atoms with Gasteiger partial charge in [0.05, 0.1) is 0 Å². The molecule has 1 aliphatic carbocycles. The molecule has 0 radical (unpaired) electrons. The van der Waals surface area contributed by atoms with Gasteiger partial charge in [0.1, 0.15) is 0 Å². The molecule has 0 aromatic carbocycles. The molecule has 13 heavy (non-hydrogen) atoms. The highest BCUT2D eigenvalue weighted by atomic mass is 32.2. The second-order valence-electron chi connectivity index (χ2n) is 3.92. The zero-order valence-electron chi connectivity index (χ0n) is 8.55. The lowest BCUT2D eigenvalue weighted by molar-refractivity contribution is 0.473. The summed E-state index contributed by atoms with van der Waals surface area (Å²) in [4.78, 5) is 0. The Kier molecular flexibility index (Phi) is 5.63. The lowest BCUT2D eigenvalue weighted by Gasteiger charge is -2.15. The molecule has 0 bridgehead atoms. The van der Waals surface area contributed by atoms with E-state index in [1.54, 1.807) is 6.26 Å². The predicted molar refractivity (Wildman–Crippen MR) is 58.4 cm³/mol. The fourth-order valence-corrected chi connectivity index (χ4v) is 2.30. The van der Waals surface area contributed by atoms with Crippen LogP contribution in [0.2, 0.25) is 0 Å². The molecule has 0 aromatic heterocycles. The summed E-state index contributed by atoms with van der Waals surface area (Å²) >= 11 is 0. The van der Waals surface area contributed by atoms with E-state index in [2.05, 4.69) is 5.32 Å². The van der Waals surface area contributed by atoms with E-state index in [0.29, 0.717) is 6.04 Å². The minimum atomic E-state index is -0.637. The van der Waals surface area contributed by atoms with Crippen molar-refractivity contribution >= 4 is 10.8 Å². The minimum absolute atomic E-state index is 0.637. The van der Waals surface area contributed by atoms with E-state index in [4.69, 9.17) is 0 Å². The SMILES string of the molecule is CS(=O)CCNC1CCCCCC1. The Morgan fingerprint density at radius 2 is 1.85 bits per heavy atom. The van der Waals surface area contributed by atoms with Crippen molar-refractivity contribution in [3.8, 4) is 0 Å². The third-order valence-electron chi connectivity index (χ3n) is 2.68. The van der Waals surface area contributed by atoms with Crippen molar-refractivity contribution in [3.05, 3.63) is 0 Å². The summed E-state index contributed by atoms with van der Waals surface area (Å²) in [6, 6.07) is 0.700. The molecule has 1 unspecified atom stereocenters. The highest BCUT2D eigenvalue weighted by Crippen LogP contribution is 2.16. The van der Waals surface area contributed by atoms with Gasteiger partial charge in [-0.05, 0) is 12.8 Å². The van der Waals surface area contributed by atoms with Crippen LogP contribution in [0.1, 0.15) is 38.5 Å². The molecule has 1 atom stereocenters. The Morgan fingerprint density at radius 1 is 1.23 bits per heavy atom. The summed E-state index contributed by atoms with van der Waals surface area (Å²) < 4.78 is 10.8. The van der Waals surface area contributed by atoms with Gasteiger partial charge < -0.3 is 5.32 Å². The maximum absolute atomic E-state index is 10.8. The van der Waals surface area contributed by atoms with Gasteiger partial charge in [0.25, 0.3) is 0 Å². The van der Waals surface area contributed by atoms with Crippen LogP contribution in [-0.2, 0) is 10.8 Å². The molecule has 0 aliphatic heterocycles. The average molecular weight is 203 g/mol. The molecular weight excluding hydrogens is 182 g/mol. The lowest BCUT2D eigenvalue weighted by Crippen LogP contribution is -2.31. The van der Waals surface area contributed by atoms with Gasteiger partial charge in [0, 0.05) is 35.4 Å². The molecule has 0 amide bonds. The molecule has 1 saturated carbocycles. The van der Waals surface area contributed by atoms with Crippen LogP contribution in [0.3, 0.4) is 0 Å². The Labute approximate surface area is 83.9 Å². The molecule has 0 saturated heterocycles. The first kappa shape index (κ1) is 11.2.